The van der Waals surface area contributed by atoms with Gasteiger partial charge in [-0.3, -0.25) is 4.90 Å². The standard InChI is InChI=1S/C14H14FNO4/c1-2-5-20-14(19)16-8-9-3-4-11(15)6-10(9)7-12(16)13(17)18/h2-4,6,12H,1,5,7-8H2,(H,17,18). The van der Waals surface area contributed by atoms with Gasteiger partial charge in [0.2, 0.25) is 0 Å². The van der Waals surface area contributed by atoms with E-state index < -0.39 is 23.9 Å². The van der Waals surface area contributed by atoms with Crippen molar-refractivity contribution in [3.05, 3.63) is 47.8 Å². The number of hydrogen-bond acceptors (Lipinski definition) is 3. The second-order valence-electron chi connectivity index (χ2n) is 4.46. The fraction of sp³-hybridized carbons (Fsp3) is 0.286. The summed E-state index contributed by atoms with van der Waals surface area (Å²) in [5.74, 6) is -1.56. The zero-order valence-corrected chi connectivity index (χ0v) is 10.7. The number of fused-ring (bicyclic) bond motifs is 1. The molecule has 1 aliphatic rings. The number of ether oxygens (including phenoxy) is 1. The van der Waals surface area contributed by atoms with E-state index in [1.165, 1.54) is 18.2 Å². The third-order valence-electron chi connectivity index (χ3n) is 3.14. The Morgan fingerprint density at radius 1 is 1.50 bits per heavy atom. The maximum absolute atomic E-state index is 13.2. The van der Waals surface area contributed by atoms with Crippen LogP contribution in [0.25, 0.3) is 0 Å². The molecule has 20 heavy (non-hydrogen) atoms. The number of amides is 1. The lowest BCUT2D eigenvalue weighted by molar-refractivity contribution is -0.143. The first-order chi connectivity index (χ1) is 9.52. The highest BCUT2D eigenvalue weighted by Gasteiger charge is 2.35. The normalized spacial score (nSPS) is 17.2. The summed E-state index contributed by atoms with van der Waals surface area (Å²) in [5.41, 5.74) is 1.32. The summed E-state index contributed by atoms with van der Waals surface area (Å²) in [7, 11) is 0. The van der Waals surface area contributed by atoms with Crippen molar-refractivity contribution >= 4 is 12.1 Å². The summed E-state index contributed by atoms with van der Waals surface area (Å²) >= 11 is 0. The Hall–Kier alpha value is -2.37. The van der Waals surface area contributed by atoms with Crippen molar-refractivity contribution in [3.8, 4) is 0 Å². The van der Waals surface area contributed by atoms with Gasteiger partial charge in [0.25, 0.3) is 0 Å². The highest BCUT2D eigenvalue weighted by molar-refractivity contribution is 5.81. The van der Waals surface area contributed by atoms with Crippen LogP contribution in [0.15, 0.2) is 30.9 Å². The minimum atomic E-state index is -1.14. The summed E-state index contributed by atoms with van der Waals surface area (Å²) in [6.45, 7) is 3.52. The molecule has 0 aromatic heterocycles. The summed E-state index contributed by atoms with van der Waals surface area (Å²) < 4.78 is 18.1. The number of carbonyl (C=O) groups is 2. The first-order valence-corrected chi connectivity index (χ1v) is 6.07. The van der Waals surface area contributed by atoms with Gasteiger partial charge in [0, 0.05) is 6.42 Å². The molecule has 0 saturated carbocycles. The molecule has 0 saturated heterocycles. The van der Waals surface area contributed by atoms with Gasteiger partial charge in [0.1, 0.15) is 18.5 Å². The van der Waals surface area contributed by atoms with Crippen LogP contribution in [0, 0.1) is 5.82 Å². The molecule has 1 aromatic carbocycles. The van der Waals surface area contributed by atoms with Gasteiger partial charge in [-0.05, 0) is 23.3 Å². The van der Waals surface area contributed by atoms with Crippen molar-refractivity contribution < 1.29 is 23.8 Å². The number of halogens is 1. The van der Waals surface area contributed by atoms with E-state index >= 15 is 0 Å². The Kier molecular flexibility index (Phi) is 4.02. The maximum Gasteiger partial charge on any atom is 0.411 e. The predicted octanol–water partition coefficient (Wildman–Crippen LogP) is 1.96. The molecule has 0 spiro atoms. The van der Waals surface area contributed by atoms with Crippen LogP contribution in [0.2, 0.25) is 0 Å². The predicted molar refractivity (Wildman–Crippen MR) is 68.6 cm³/mol. The Labute approximate surface area is 115 Å². The molecule has 0 radical (unpaired) electrons. The highest BCUT2D eigenvalue weighted by atomic mass is 19.1. The molecule has 1 N–H and O–H groups in total. The van der Waals surface area contributed by atoms with Crippen LogP contribution in [-0.4, -0.2) is 34.7 Å². The molecule has 5 nitrogen and oxygen atoms in total. The summed E-state index contributed by atoms with van der Waals surface area (Å²) in [6.07, 6.45) is 0.749. The zero-order chi connectivity index (χ0) is 14.7. The van der Waals surface area contributed by atoms with Crippen molar-refractivity contribution in [3.63, 3.8) is 0 Å². The number of carbonyl (C=O) groups excluding carboxylic acids is 1. The minimum Gasteiger partial charge on any atom is -0.480 e. The lowest BCUT2D eigenvalue weighted by atomic mass is 9.94. The Morgan fingerprint density at radius 2 is 2.25 bits per heavy atom. The van der Waals surface area contributed by atoms with E-state index in [2.05, 4.69) is 6.58 Å². The molecule has 2 rings (SSSR count). The van der Waals surface area contributed by atoms with Crippen LogP contribution in [0.4, 0.5) is 9.18 Å². The smallest absolute Gasteiger partial charge is 0.411 e. The highest BCUT2D eigenvalue weighted by Crippen LogP contribution is 2.25. The zero-order valence-electron chi connectivity index (χ0n) is 10.7. The fourth-order valence-corrected chi connectivity index (χ4v) is 2.18. The van der Waals surface area contributed by atoms with Crippen LogP contribution in [0.5, 0.6) is 0 Å². The number of carboxylic acid groups (broad SMARTS) is 1. The molecule has 106 valence electrons. The number of hydrogen-bond donors (Lipinski definition) is 1. The Balaban J connectivity index is 2.27. The molecular formula is C14H14FNO4. The van der Waals surface area contributed by atoms with Crippen molar-refractivity contribution in [2.45, 2.75) is 19.0 Å². The van der Waals surface area contributed by atoms with E-state index in [9.17, 15) is 19.1 Å². The summed E-state index contributed by atoms with van der Waals surface area (Å²) in [4.78, 5) is 24.3. The molecule has 6 heteroatoms. The molecule has 0 bridgehead atoms. The fourth-order valence-electron chi connectivity index (χ4n) is 2.18. The number of carboxylic acids is 1. The van der Waals surface area contributed by atoms with Crippen LogP contribution >= 0.6 is 0 Å². The van der Waals surface area contributed by atoms with Gasteiger partial charge in [-0.15, -0.1) is 0 Å². The topological polar surface area (TPSA) is 66.8 Å². The van der Waals surface area contributed by atoms with Crippen LogP contribution in [0.1, 0.15) is 11.1 Å². The molecular weight excluding hydrogens is 265 g/mol. The molecule has 1 atom stereocenters. The molecule has 1 aliphatic heterocycles. The SMILES string of the molecule is C=CCOC(=O)N1Cc2ccc(F)cc2CC1C(=O)O. The average Bonchev–Trinajstić information content (AvgIpc) is 2.43. The third kappa shape index (κ3) is 2.79. The van der Waals surface area contributed by atoms with Gasteiger partial charge < -0.3 is 9.84 Å². The summed E-state index contributed by atoms with van der Waals surface area (Å²) in [6, 6.07) is 3.09. The first-order valence-electron chi connectivity index (χ1n) is 6.07. The van der Waals surface area contributed by atoms with Gasteiger partial charge in [-0.2, -0.15) is 0 Å². The van der Waals surface area contributed by atoms with Crippen molar-refractivity contribution in [1.82, 2.24) is 4.90 Å². The third-order valence-corrected chi connectivity index (χ3v) is 3.14. The minimum absolute atomic E-state index is 0.0119. The van der Waals surface area contributed by atoms with Crippen molar-refractivity contribution in [1.29, 1.82) is 0 Å². The lowest BCUT2D eigenvalue weighted by Crippen LogP contribution is -2.48. The van der Waals surface area contributed by atoms with Gasteiger partial charge >= 0.3 is 12.1 Å². The van der Waals surface area contributed by atoms with E-state index in [1.807, 2.05) is 0 Å². The number of nitrogens with zero attached hydrogens (tertiary/aromatic N) is 1. The van der Waals surface area contributed by atoms with Crippen LogP contribution in [-0.2, 0) is 22.5 Å². The van der Waals surface area contributed by atoms with Gasteiger partial charge in [0.15, 0.2) is 0 Å². The first kappa shape index (κ1) is 14.0. The number of benzene rings is 1. The van der Waals surface area contributed by atoms with Gasteiger partial charge in [-0.1, -0.05) is 18.7 Å². The number of aliphatic carboxylic acids is 1. The van der Waals surface area contributed by atoms with E-state index in [1.54, 1.807) is 6.07 Å². The largest absolute Gasteiger partial charge is 0.480 e. The van der Waals surface area contributed by atoms with Crippen molar-refractivity contribution in [2.24, 2.45) is 0 Å². The van der Waals surface area contributed by atoms with Gasteiger partial charge in [-0.25, -0.2) is 14.0 Å². The molecule has 1 unspecified atom stereocenters. The number of rotatable bonds is 3. The quantitative estimate of drug-likeness (QED) is 0.859. The molecule has 0 fully saturated rings. The molecule has 1 amide bonds. The van der Waals surface area contributed by atoms with E-state index in [0.717, 1.165) is 10.5 Å². The Bertz CT molecular complexity index is 558. The second-order valence-corrected chi connectivity index (χ2v) is 4.46. The van der Waals surface area contributed by atoms with Crippen LogP contribution < -0.4 is 0 Å². The molecule has 1 aromatic rings. The van der Waals surface area contributed by atoms with Gasteiger partial charge in [0.05, 0.1) is 6.54 Å². The summed E-state index contributed by atoms with van der Waals surface area (Å²) in [5, 5.41) is 9.21. The van der Waals surface area contributed by atoms with E-state index in [0.29, 0.717) is 5.56 Å². The average molecular weight is 279 g/mol. The lowest BCUT2D eigenvalue weighted by Gasteiger charge is -2.33. The maximum atomic E-state index is 13.2. The monoisotopic (exact) mass is 279 g/mol. The van der Waals surface area contributed by atoms with E-state index in [-0.39, 0.29) is 19.6 Å². The van der Waals surface area contributed by atoms with E-state index in [4.69, 9.17) is 4.74 Å². The molecule has 0 aliphatic carbocycles. The Morgan fingerprint density at radius 3 is 2.90 bits per heavy atom. The second kappa shape index (κ2) is 5.73. The molecule has 1 heterocycles. The van der Waals surface area contributed by atoms with Crippen LogP contribution in [0.3, 0.4) is 0 Å². The van der Waals surface area contributed by atoms with Crippen molar-refractivity contribution in [2.75, 3.05) is 6.61 Å².